The molecule has 0 aliphatic carbocycles. The van der Waals surface area contributed by atoms with Crippen molar-refractivity contribution in [2.45, 2.75) is 38.8 Å². The van der Waals surface area contributed by atoms with Crippen LogP contribution in [0.15, 0.2) is 48.7 Å². The predicted octanol–water partition coefficient (Wildman–Crippen LogP) is 4.06. The minimum Gasteiger partial charge on any atom is -0.497 e. The van der Waals surface area contributed by atoms with E-state index in [1.807, 2.05) is 24.0 Å². The number of benzene rings is 1. The lowest BCUT2D eigenvalue weighted by molar-refractivity contribution is 0.238. The number of aromatic nitrogens is 3. The summed E-state index contributed by atoms with van der Waals surface area (Å²) in [6.45, 7) is 4.12. The number of pyridine rings is 1. The molecular formula is C23H28N4O. The molecule has 1 unspecified atom stereocenters. The molecule has 0 radical (unpaired) electrons. The van der Waals surface area contributed by atoms with E-state index >= 15 is 0 Å². The van der Waals surface area contributed by atoms with E-state index in [0.717, 1.165) is 37.4 Å². The number of methoxy groups -OCH3 is 1. The van der Waals surface area contributed by atoms with Crippen molar-refractivity contribution >= 4 is 0 Å². The average Bonchev–Trinajstić information content (AvgIpc) is 3.31. The van der Waals surface area contributed by atoms with Gasteiger partial charge in [0.25, 0.3) is 0 Å². The Balaban J connectivity index is 1.56. The topological polar surface area (TPSA) is 43.2 Å². The quantitative estimate of drug-likeness (QED) is 0.651. The fourth-order valence-corrected chi connectivity index (χ4v) is 4.17. The average molecular weight is 377 g/mol. The van der Waals surface area contributed by atoms with Gasteiger partial charge in [-0.25, -0.2) is 0 Å². The summed E-state index contributed by atoms with van der Waals surface area (Å²) in [5.74, 6) is 0.904. The number of nitrogens with zero attached hydrogens (tertiary/aromatic N) is 4. The van der Waals surface area contributed by atoms with Crippen molar-refractivity contribution in [2.75, 3.05) is 13.7 Å². The maximum Gasteiger partial charge on any atom is 0.119 e. The highest BCUT2D eigenvalue weighted by atomic mass is 16.5. The zero-order valence-electron chi connectivity index (χ0n) is 16.9. The molecule has 3 aromatic rings. The lowest BCUT2D eigenvalue weighted by Crippen LogP contribution is -2.25. The summed E-state index contributed by atoms with van der Waals surface area (Å²) in [6, 6.07) is 15.3. The lowest BCUT2D eigenvalue weighted by Gasteiger charge is -2.24. The SMILES string of the molecule is COc1cccc(Cc2cc(C)nc(C3CCCN3Cc3ccnn3C)c2)c1. The molecular weight excluding hydrogens is 348 g/mol. The summed E-state index contributed by atoms with van der Waals surface area (Å²) in [5, 5.41) is 4.31. The largest absolute Gasteiger partial charge is 0.497 e. The second-order valence-electron chi connectivity index (χ2n) is 7.64. The Bertz CT molecular complexity index is 949. The molecule has 1 aliphatic heterocycles. The first-order valence-electron chi connectivity index (χ1n) is 9.93. The van der Waals surface area contributed by atoms with Gasteiger partial charge in [0.1, 0.15) is 5.75 Å². The van der Waals surface area contributed by atoms with E-state index in [-0.39, 0.29) is 0 Å². The van der Waals surface area contributed by atoms with Gasteiger partial charge in [0, 0.05) is 25.5 Å². The maximum absolute atomic E-state index is 5.37. The van der Waals surface area contributed by atoms with Crippen molar-refractivity contribution in [3.8, 4) is 5.75 Å². The molecule has 5 heteroatoms. The Morgan fingerprint density at radius 2 is 2.04 bits per heavy atom. The summed E-state index contributed by atoms with van der Waals surface area (Å²) in [5.41, 5.74) is 6.09. The van der Waals surface area contributed by atoms with Gasteiger partial charge in [0.15, 0.2) is 0 Å². The lowest BCUT2D eigenvalue weighted by atomic mass is 10.0. The highest BCUT2D eigenvalue weighted by Gasteiger charge is 2.28. The zero-order chi connectivity index (χ0) is 19.5. The van der Waals surface area contributed by atoms with Crippen LogP contribution in [0, 0.1) is 6.92 Å². The van der Waals surface area contributed by atoms with Crippen molar-refractivity contribution < 1.29 is 4.74 Å². The number of hydrogen-bond acceptors (Lipinski definition) is 4. The Kier molecular flexibility index (Phi) is 5.44. The Hall–Kier alpha value is -2.66. The molecule has 0 amide bonds. The molecule has 1 atom stereocenters. The van der Waals surface area contributed by atoms with Crippen LogP contribution in [0.3, 0.4) is 0 Å². The molecule has 1 fully saturated rings. The fraction of sp³-hybridized carbons (Fsp3) is 0.391. The third-order valence-corrected chi connectivity index (χ3v) is 5.57. The van der Waals surface area contributed by atoms with Gasteiger partial charge in [-0.3, -0.25) is 14.6 Å². The van der Waals surface area contributed by atoms with Crippen molar-refractivity contribution in [2.24, 2.45) is 7.05 Å². The molecule has 4 rings (SSSR count). The minimum atomic E-state index is 0.374. The molecule has 5 nitrogen and oxygen atoms in total. The van der Waals surface area contributed by atoms with E-state index in [4.69, 9.17) is 9.72 Å². The number of rotatable bonds is 6. The highest BCUT2D eigenvalue weighted by Crippen LogP contribution is 2.33. The van der Waals surface area contributed by atoms with Crippen molar-refractivity contribution in [1.82, 2.24) is 19.7 Å². The molecule has 0 N–H and O–H groups in total. The van der Waals surface area contributed by atoms with Crippen molar-refractivity contribution in [1.29, 1.82) is 0 Å². The molecule has 0 saturated carbocycles. The Labute approximate surface area is 167 Å². The maximum atomic E-state index is 5.37. The van der Waals surface area contributed by atoms with Gasteiger partial charge in [0.05, 0.1) is 24.5 Å². The van der Waals surface area contributed by atoms with E-state index in [0.29, 0.717) is 6.04 Å². The molecule has 146 valence electrons. The van der Waals surface area contributed by atoms with Crippen LogP contribution in [0.2, 0.25) is 0 Å². The number of aryl methyl sites for hydroxylation is 2. The molecule has 28 heavy (non-hydrogen) atoms. The fourth-order valence-electron chi connectivity index (χ4n) is 4.17. The summed E-state index contributed by atoms with van der Waals surface area (Å²) >= 11 is 0. The van der Waals surface area contributed by atoms with Gasteiger partial charge in [-0.1, -0.05) is 12.1 Å². The van der Waals surface area contributed by atoms with Gasteiger partial charge in [-0.15, -0.1) is 0 Å². The first-order chi connectivity index (χ1) is 13.6. The van der Waals surface area contributed by atoms with Gasteiger partial charge in [0.2, 0.25) is 0 Å². The van der Waals surface area contributed by atoms with Gasteiger partial charge in [-0.05, 0) is 74.2 Å². The van der Waals surface area contributed by atoms with Crippen LogP contribution in [-0.2, 0) is 20.0 Å². The molecule has 0 spiro atoms. The second kappa shape index (κ2) is 8.15. The van der Waals surface area contributed by atoms with Crippen molar-refractivity contribution in [3.05, 3.63) is 76.9 Å². The predicted molar refractivity (Wildman–Crippen MR) is 110 cm³/mol. The van der Waals surface area contributed by atoms with Crippen LogP contribution in [-0.4, -0.2) is 33.3 Å². The van der Waals surface area contributed by atoms with Crippen LogP contribution in [0.5, 0.6) is 5.75 Å². The molecule has 1 aliphatic rings. The summed E-state index contributed by atoms with van der Waals surface area (Å²) < 4.78 is 7.33. The molecule has 2 aromatic heterocycles. The van der Waals surface area contributed by atoms with Gasteiger partial charge < -0.3 is 4.74 Å². The van der Waals surface area contributed by atoms with Crippen molar-refractivity contribution in [3.63, 3.8) is 0 Å². The zero-order valence-corrected chi connectivity index (χ0v) is 16.9. The van der Waals surface area contributed by atoms with E-state index in [1.165, 1.54) is 28.9 Å². The number of likely N-dealkylation sites (tertiary alicyclic amines) is 1. The third-order valence-electron chi connectivity index (χ3n) is 5.57. The standard InChI is InChI=1S/C23H28N4O/c1-17-12-19(13-18-6-4-7-21(14-18)28-3)15-22(25-17)23-8-5-11-27(23)16-20-9-10-24-26(20)2/h4,6-7,9-10,12,14-15,23H,5,8,11,13,16H2,1-3H3. The molecule has 0 bridgehead atoms. The normalized spacial score (nSPS) is 17.2. The summed E-state index contributed by atoms with van der Waals surface area (Å²) in [6.07, 6.45) is 5.13. The first kappa shape index (κ1) is 18.7. The summed E-state index contributed by atoms with van der Waals surface area (Å²) in [7, 11) is 3.72. The van der Waals surface area contributed by atoms with E-state index in [2.05, 4.69) is 53.3 Å². The first-order valence-corrected chi connectivity index (χ1v) is 9.93. The molecule has 3 heterocycles. The molecule has 1 saturated heterocycles. The molecule has 1 aromatic carbocycles. The van der Waals surface area contributed by atoms with Crippen LogP contribution in [0.4, 0.5) is 0 Å². The van der Waals surface area contributed by atoms with Gasteiger partial charge in [-0.2, -0.15) is 5.10 Å². The second-order valence-corrected chi connectivity index (χ2v) is 7.64. The monoisotopic (exact) mass is 376 g/mol. The number of ether oxygens (including phenoxy) is 1. The van der Waals surface area contributed by atoms with Crippen LogP contribution in [0.25, 0.3) is 0 Å². The van der Waals surface area contributed by atoms with Crippen LogP contribution in [0.1, 0.15) is 47.1 Å². The van der Waals surface area contributed by atoms with E-state index in [9.17, 15) is 0 Å². The highest BCUT2D eigenvalue weighted by molar-refractivity contribution is 5.34. The van der Waals surface area contributed by atoms with E-state index < -0.39 is 0 Å². The Morgan fingerprint density at radius 1 is 1.14 bits per heavy atom. The van der Waals surface area contributed by atoms with E-state index in [1.54, 1.807) is 7.11 Å². The summed E-state index contributed by atoms with van der Waals surface area (Å²) in [4.78, 5) is 7.44. The van der Waals surface area contributed by atoms with Crippen LogP contribution < -0.4 is 4.74 Å². The minimum absolute atomic E-state index is 0.374. The third kappa shape index (κ3) is 4.09. The van der Waals surface area contributed by atoms with Gasteiger partial charge >= 0.3 is 0 Å². The van der Waals surface area contributed by atoms with Crippen LogP contribution >= 0.6 is 0 Å². The Morgan fingerprint density at radius 3 is 2.82 bits per heavy atom. The number of hydrogen-bond donors (Lipinski definition) is 0. The smallest absolute Gasteiger partial charge is 0.119 e.